The fourth-order valence-corrected chi connectivity index (χ4v) is 2.51. The first kappa shape index (κ1) is 16.7. The fraction of sp³-hybridized carbons (Fsp3) is 0.211. The molecular weight excluding hydrogens is 316 g/mol. The zero-order chi connectivity index (χ0) is 17.6. The average molecular weight is 336 g/mol. The molecule has 0 bridgehead atoms. The van der Waals surface area contributed by atoms with Crippen LogP contribution >= 0.6 is 0 Å². The third-order valence-corrected chi connectivity index (χ3v) is 3.89. The number of benzene rings is 1. The van der Waals surface area contributed by atoms with E-state index in [0.29, 0.717) is 23.8 Å². The van der Waals surface area contributed by atoms with Gasteiger partial charge in [0, 0.05) is 18.1 Å². The van der Waals surface area contributed by atoms with Crippen LogP contribution in [-0.4, -0.2) is 15.9 Å². The number of hydrogen-bond acceptors (Lipinski definition) is 5. The lowest BCUT2D eigenvalue weighted by Crippen LogP contribution is -2.23. The number of nitrogens with one attached hydrogen (secondary N) is 2. The molecule has 0 spiro atoms. The van der Waals surface area contributed by atoms with Crippen molar-refractivity contribution in [3.05, 3.63) is 71.4 Å². The lowest BCUT2D eigenvalue weighted by Gasteiger charge is -2.12. The van der Waals surface area contributed by atoms with Gasteiger partial charge in [-0.15, -0.1) is 0 Å². The highest BCUT2D eigenvalue weighted by Crippen LogP contribution is 2.23. The highest BCUT2D eigenvalue weighted by molar-refractivity contribution is 5.93. The van der Waals surface area contributed by atoms with Crippen LogP contribution in [0.1, 0.15) is 34.2 Å². The van der Waals surface area contributed by atoms with E-state index in [4.69, 9.17) is 4.42 Å². The standard InChI is InChI=1S/C19H20N4O2/c1-3-14-7-4-6-13(2)17(14)23-19-21-10-15(11-22-19)18(24)20-12-16-8-5-9-25-16/h4-11H,3,12H2,1-2H3,(H,20,24)(H,21,22,23). The zero-order valence-corrected chi connectivity index (χ0v) is 14.2. The van der Waals surface area contributed by atoms with Crippen LogP contribution in [0.15, 0.2) is 53.4 Å². The van der Waals surface area contributed by atoms with Crippen molar-refractivity contribution in [2.45, 2.75) is 26.8 Å². The van der Waals surface area contributed by atoms with Crippen LogP contribution < -0.4 is 10.6 Å². The molecule has 0 aliphatic heterocycles. The number of carbonyl (C=O) groups is 1. The van der Waals surface area contributed by atoms with E-state index in [0.717, 1.165) is 17.7 Å². The van der Waals surface area contributed by atoms with Crippen LogP contribution in [-0.2, 0) is 13.0 Å². The summed E-state index contributed by atoms with van der Waals surface area (Å²) in [4.78, 5) is 20.6. The molecule has 0 radical (unpaired) electrons. The number of carbonyl (C=O) groups excluding carboxylic acids is 1. The topological polar surface area (TPSA) is 80.0 Å². The summed E-state index contributed by atoms with van der Waals surface area (Å²) in [6.07, 6.45) is 5.51. The molecule has 6 nitrogen and oxygen atoms in total. The lowest BCUT2D eigenvalue weighted by atomic mass is 10.1. The third kappa shape index (κ3) is 4.03. The molecule has 0 saturated heterocycles. The van der Waals surface area contributed by atoms with Crippen LogP contribution in [0.5, 0.6) is 0 Å². The molecule has 1 aromatic carbocycles. The molecule has 0 atom stereocenters. The summed E-state index contributed by atoms with van der Waals surface area (Å²) in [7, 11) is 0. The minimum absolute atomic E-state index is 0.243. The van der Waals surface area contributed by atoms with Crippen molar-refractivity contribution in [2.24, 2.45) is 0 Å². The van der Waals surface area contributed by atoms with Gasteiger partial charge in [0.15, 0.2) is 0 Å². The summed E-state index contributed by atoms with van der Waals surface area (Å²) in [5.41, 5.74) is 3.74. The van der Waals surface area contributed by atoms with Gasteiger partial charge in [-0.25, -0.2) is 9.97 Å². The number of aromatic nitrogens is 2. The van der Waals surface area contributed by atoms with E-state index in [1.807, 2.05) is 19.1 Å². The number of hydrogen-bond donors (Lipinski definition) is 2. The number of nitrogens with zero attached hydrogens (tertiary/aromatic N) is 2. The Kier molecular flexibility index (Phi) is 5.09. The maximum Gasteiger partial charge on any atom is 0.254 e. The van der Waals surface area contributed by atoms with Crippen molar-refractivity contribution >= 4 is 17.5 Å². The molecular formula is C19H20N4O2. The molecule has 3 aromatic rings. The molecule has 0 fully saturated rings. The molecule has 6 heteroatoms. The molecule has 1 amide bonds. The van der Waals surface area contributed by atoms with Gasteiger partial charge in [0.25, 0.3) is 5.91 Å². The Hall–Kier alpha value is -3.15. The van der Waals surface area contributed by atoms with Crippen LogP contribution in [0, 0.1) is 6.92 Å². The number of amides is 1. The van der Waals surface area contributed by atoms with Crippen molar-refractivity contribution in [1.82, 2.24) is 15.3 Å². The van der Waals surface area contributed by atoms with E-state index < -0.39 is 0 Å². The predicted octanol–water partition coefficient (Wildman–Crippen LogP) is 3.61. The highest BCUT2D eigenvalue weighted by atomic mass is 16.3. The first-order valence-corrected chi connectivity index (χ1v) is 8.15. The second kappa shape index (κ2) is 7.61. The quantitative estimate of drug-likeness (QED) is 0.719. The number of para-hydroxylation sites is 1. The van der Waals surface area contributed by atoms with Crippen LogP contribution in [0.3, 0.4) is 0 Å². The monoisotopic (exact) mass is 336 g/mol. The maximum atomic E-state index is 12.1. The van der Waals surface area contributed by atoms with Crippen LogP contribution in [0.2, 0.25) is 0 Å². The minimum Gasteiger partial charge on any atom is -0.467 e. The molecule has 0 saturated carbocycles. The molecule has 3 rings (SSSR count). The van der Waals surface area contributed by atoms with Crippen molar-refractivity contribution in [3.63, 3.8) is 0 Å². The highest BCUT2D eigenvalue weighted by Gasteiger charge is 2.10. The van der Waals surface area contributed by atoms with Gasteiger partial charge < -0.3 is 15.1 Å². The summed E-state index contributed by atoms with van der Waals surface area (Å²) in [5.74, 6) is 0.916. The molecule has 2 aromatic heterocycles. The second-order valence-electron chi connectivity index (χ2n) is 5.64. The molecule has 0 aliphatic carbocycles. The first-order valence-electron chi connectivity index (χ1n) is 8.15. The lowest BCUT2D eigenvalue weighted by molar-refractivity contribution is 0.0947. The van der Waals surface area contributed by atoms with Crippen molar-refractivity contribution in [3.8, 4) is 0 Å². The minimum atomic E-state index is -0.243. The molecule has 2 heterocycles. The predicted molar refractivity (Wildman–Crippen MR) is 95.7 cm³/mol. The number of furan rings is 1. The number of aryl methyl sites for hydroxylation is 2. The van der Waals surface area contributed by atoms with Crippen LogP contribution in [0.4, 0.5) is 11.6 Å². The summed E-state index contributed by atoms with van der Waals surface area (Å²) in [6.45, 7) is 4.47. The zero-order valence-electron chi connectivity index (χ0n) is 14.2. The van der Waals surface area contributed by atoms with E-state index >= 15 is 0 Å². The van der Waals surface area contributed by atoms with Crippen molar-refractivity contribution in [1.29, 1.82) is 0 Å². The van der Waals surface area contributed by atoms with Gasteiger partial charge in [-0.2, -0.15) is 0 Å². The van der Waals surface area contributed by atoms with E-state index in [1.165, 1.54) is 18.0 Å². The van der Waals surface area contributed by atoms with Gasteiger partial charge >= 0.3 is 0 Å². The molecule has 2 N–H and O–H groups in total. The van der Waals surface area contributed by atoms with E-state index in [2.05, 4.69) is 33.6 Å². The Morgan fingerprint density at radius 3 is 2.64 bits per heavy atom. The molecule has 0 unspecified atom stereocenters. The van der Waals surface area contributed by atoms with Gasteiger partial charge in [-0.05, 0) is 36.6 Å². The molecule has 128 valence electrons. The summed E-state index contributed by atoms with van der Waals surface area (Å²) >= 11 is 0. The fourth-order valence-electron chi connectivity index (χ4n) is 2.51. The Balaban J connectivity index is 1.67. The first-order chi connectivity index (χ1) is 12.2. The normalized spacial score (nSPS) is 10.5. The van der Waals surface area contributed by atoms with Gasteiger partial charge in [0.05, 0.1) is 18.4 Å². The summed E-state index contributed by atoms with van der Waals surface area (Å²) < 4.78 is 5.18. The maximum absolute atomic E-state index is 12.1. The average Bonchev–Trinajstić information content (AvgIpc) is 3.15. The second-order valence-corrected chi connectivity index (χ2v) is 5.64. The van der Waals surface area contributed by atoms with Gasteiger partial charge in [-0.3, -0.25) is 4.79 Å². The smallest absolute Gasteiger partial charge is 0.254 e. The number of anilines is 2. The van der Waals surface area contributed by atoms with E-state index in [-0.39, 0.29) is 5.91 Å². The largest absolute Gasteiger partial charge is 0.467 e. The Morgan fingerprint density at radius 1 is 1.16 bits per heavy atom. The number of rotatable bonds is 6. The Morgan fingerprint density at radius 2 is 1.96 bits per heavy atom. The Labute approximate surface area is 146 Å². The van der Waals surface area contributed by atoms with E-state index in [1.54, 1.807) is 18.4 Å². The van der Waals surface area contributed by atoms with Gasteiger partial charge in [-0.1, -0.05) is 25.1 Å². The van der Waals surface area contributed by atoms with Crippen LogP contribution in [0.25, 0.3) is 0 Å². The molecule has 25 heavy (non-hydrogen) atoms. The summed E-state index contributed by atoms with van der Waals surface area (Å²) in [5, 5.41) is 6.01. The molecule has 0 aliphatic rings. The van der Waals surface area contributed by atoms with Crippen molar-refractivity contribution in [2.75, 3.05) is 5.32 Å². The summed E-state index contributed by atoms with van der Waals surface area (Å²) in [6, 6.07) is 9.73. The van der Waals surface area contributed by atoms with Gasteiger partial charge in [0.2, 0.25) is 5.95 Å². The van der Waals surface area contributed by atoms with Crippen molar-refractivity contribution < 1.29 is 9.21 Å². The Bertz CT molecular complexity index is 842. The SMILES string of the molecule is CCc1cccc(C)c1Nc1ncc(C(=O)NCc2ccco2)cn1. The van der Waals surface area contributed by atoms with E-state index in [9.17, 15) is 4.79 Å². The van der Waals surface area contributed by atoms with Gasteiger partial charge in [0.1, 0.15) is 5.76 Å². The third-order valence-electron chi connectivity index (χ3n) is 3.89.